The largest absolute Gasteiger partial charge is 0.392 e. The van der Waals surface area contributed by atoms with Crippen LogP contribution in [0.4, 0.5) is 5.69 Å². The molecule has 9 nitrogen and oxygen atoms in total. The Balaban J connectivity index is 1.35. The molecule has 10 heteroatoms. The number of benzene rings is 3. The van der Waals surface area contributed by atoms with E-state index in [9.17, 15) is 9.90 Å². The highest BCUT2D eigenvalue weighted by Gasteiger charge is 2.32. The van der Waals surface area contributed by atoms with Gasteiger partial charge in [-0.15, -0.1) is 5.10 Å². The molecule has 0 bridgehead atoms. The summed E-state index contributed by atoms with van der Waals surface area (Å²) >= 11 is 1.53. The molecule has 0 aliphatic carbocycles. The molecule has 3 aromatic carbocycles. The lowest BCUT2D eigenvalue weighted by atomic mass is 10.0. The molecule has 1 aliphatic heterocycles. The Labute approximate surface area is 218 Å². The van der Waals surface area contributed by atoms with Crippen LogP contribution in [0.5, 0.6) is 0 Å². The summed E-state index contributed by atoms with van der Waals surface area (Å²) in [6.45, 7) is 1.47. The molecule has 1 aromatic heterocycles. The maximum absolute atomic E-state index is 11.4. The van der Waals surface area contributed by atoms with E-state index in [1.54, 1.807) is 4.68 Å². The summed E-state index contributed by atoms with van der Waals surface area (Å²) in [4.78, 5) is 11.4. The van der Waals surface area contributed by atoms with Crippen molar-refractivity contribution >= 4 is 23.4 Å². The molecule has 0 radical (unpaired) electrons. The lowest BCUT2D eigenvalue weighted by molar-refractivity contribution is -0.245. The second-order valence-electron chi connectivity index (χ2n) is 8.67. The first-order chi connectivity index (χ1) is 18.1. The van der Waals surface area contributed by atoms with Gasteiger partial charge in [0.15, 0.2) is 6.29 Å². The molecule has 37 heavy (non-hydrogen) atoms. The molecule has 1 aliphatic rings. The highest BCUT2D eigenvalue weighted by Crippen LogP contribution is 2.39. The van der Waals surface area contributed by atoms with Gasteiger partial charge in [0.1, 0.15) is 0 Å². The number of ether oxygens (including phenoxy) is 2. The number of aliphatic hydroxyl groups is 1. The molecule has 1 saturated heterocycles. The topological polar surface area (TPSA) is 111 Å². The van der Waals surface area contributed by atoms with Gasteiger partial charge in [-0.3, -0.25) is 4.79 Å². The van der Waals surface area contributed by atoms with E-state index < -0.39 is 6.29 Å². The Kier molecular flexibility index (Phi) is 7.90. The average molecular weight is 518 g/mol. The van der Waals surface area contributed by atoms with Crippen LogP contribution in [-0.4, -0.2) is 43.1 Å². The van der Waals surface area contributed by atoms with Gasteiger partial charge in [-0.2, -0.15) is 4.68 Å². The van der Waals surface area contributed by atoms with Crippen molar-refractivity contribution in [1.29, 1.82) is 0 Å². The summed E-state index contributed by atoms with van der Waals surface area (Å²) in [6.07, 6.45) is -0.267. The molecule has 4 aromatic rings. The summed E-state index contributed by atoms with van der Waals surface area (Å²) in [5.74, 6) is 0.502. The molecule has 2 N–H and O–H groups in total. The van der Waals surface area contributed by atoms with E-state index in [0.29, 0.717) is 23.0 Å². The normalized spacial score (nSPS) is 19.5. The molecule has 1 amide bonds. The SMILES string of the molecule is CC(=O)Nc1ccc(C2OC(CSc3nnnn3-c3ccccc3)CC(c3ccc(CO)cc3)O2)cc1. The van der Waals surface area contributed by atoms with Crippen LogP contribution in [-0.2, 0) is 20.9 Å². The van der Waals surface area contributed by atoms with Crippen molar-refractivity contribution in [3.63, 3.8) is 0 Å². The number of nitrogens with one attached hydrogen (secondary N) is 1. The van der Waals surface area contributed by atoms with E-state index in [1.165, 1.54) is 18.7 Å². The van der Waals surface area contributed by atoms with Gasteiger partial charge >= 0.3 is 0 Å². The number of tetrazole rings is 1. The van der Waals surface area contributed by atoms with Crippen molar-refractivity contribution in [2.24, 2.45) is 0 Å². The van der Waals surface area contributed by atoms with Gasteiger partial charge in [0.25, 0.3) is 0 Å². The molecule has 190 valence electrons. The number of para-hydroxylation sites is 1. The molecular formula is C27H27N5O4S. The maximum Gasteiger partial charge on any atom is 0.221 e. The Morgan fingerprint density at radius 3 is 2.46 bits per heavy atom. The monoisotopic (exact) mass is 517 g/mol. The second kappa shape index (κ2) is 11.7. The number of carbonyl (C=O) groups is 1. The number of aliphatic hydroxyl groups excluding tert-OH is 1. The van der Waals surface area contributed by atoms with Crippen molar-refractivity contribution in [2.75, 3.05) is 11.1 Å². The van der Waals surface area contributed by atoms with Gasteiger partial charge < -0.3 is 19.9 Å². The minimum absolute atomic E-state index is 0.00636. The van der Waals surface area contributed by atoms with Crippen molar-refractivity contribution < 1.29 is 19.4 Å². The second-order valence-corrected chi connectivity index (χ2v) is 9.66. The number of nitrogens with zero attached hydrogens (tertiary/aromatic N) is 4. The first kappa shape index (κ1) is 25.1. The van der Waals surface area contributed by atoms with Crippen molar-refractivity contribution in [1.82, 2.24) is 20.2 Å². The zero-order valence-corrected chi connectivity index (χ0v) is 21.0. The summed E-state index contributed by atoms with van der Waals surface area (Å²) in [7, 11) is 0. The summed E-state index contributed by atoms with van der Waals surface area (Å²) in [5.41, 5.74) is 4.32. The van der Waals surface area contributed by atoms with E-state index >= 15 is 0 Å². The number of anilines is 1. The smallest absolute Gasteiger partial charge is 0.221 e. The highest BCUT2D eigenvalue weighted by molar-refractivity contribution is 7.99. The average Bonchev–Trinajstić information content (AvgIpc) is 3.41. The first-order valence-corrected chi connectivity index (χ1v) is 12.9. The quantitative estimate of drug-likeness (QED) is 0.330. The minimum Gasteiger partial charge on any atom is -0.392 e. The number of thioether (sulfide) groups is 1. The summed E-state index contributed by atoms with van der Waals surface area (Å²) in [5, 5.41) is 25.1. The van der Waals surface area contributed by atoms with E-state index in [-0.39, 0.29) is 24.7 Å². The van der Waals surface area contributed by atoms with Gasteiger partial charge in [0, 0.05) is 30.3 Å². The van der Waals surface area contributed by atoms with Gasteiger partial charge in [-0.25, -0.2) is 0 Å². The molecule has 5 rings (SSSR count). The zero-order valence-electron chi connectivity index (χ0n) is 20.2. The fraction of sp³-hybridized carbons (Fsp3) is 0.259. The maximum atomic E-state index is 11.4. The third-order valence-corrected chi connectivity index (χ3v) is 7.01. The zero-order chi connectivity index (χ0) is 25.6. The van der Waals surface area contributed by atoms with Gasteiger partial charge in [-0.05, 0) is 45.8 Å². The number of carbonyl (C=O) groups excluding carboxylic acids is 1. The number of amides is 1. The molecule has 3 unspecified atom stereocenters. The fourth-order valence-electron chi connectivity index (χ4n) is 4.12. The van der Waals surface area contributed by atoms with E-state index in [2.05, 4.69) is 20.8 Å². The first-order valence-electron chi connectivity index (χ1n) is 11.9. The molecule has 0 spiro atoms. The molecule has 0 saturated carbocycles. The molecule has 2 heterocycles. The van der Waals surface area contributed by atoms with Crippen molar-refractivity contribution in [3.05, 3.63) is 95.6 Å². The minimum atomic E-state index is -0.585. The van der Waals surface area contributed by atoms with Crippen LogP contribution in [0.25, 0.3) is 5.69 Å². The standard InChI is InChI=1S/C27H27N5O4S/c1-18(34)28-22-13-11-21(12-14-22)26-35-24(15-25(36-26)20-9-7-19(16-33)8-10-20)17-37-27-29-30-31-32(27)23-5-3-2-4-6-23/h2-14,24-26,33H,15-17H2,1H3,(H,28,34). The Morgan fingerprint density at radius 1 is 1.03 bits per heavy atom. The Hall–Kier alpha value is -3.57. The lowest BCUT2D eigenvalue weighted by Gasteiger charge is -2.36. The number of hydrogen-bond donors (Lipinski definition) is 2. The lowest BCUT2D eigenvalue weighted by Crippen LogP contribution is -2.31. The van der Waals surface area contributed by atoms with E-state index in [4.69, 9.17) is 9.47 Å². The van der Waals surface area contributed by atoms with Crippen LogP contribution in [0.1, 0.15) is 42.4 Å². The van der Waals surface area contributed by atoms with Gasteiger partial charge in [0.05, 0.1) is 24.5 Å². The third-order valence-electron chi connectivity index (χ3n) is 5.96. The number of rotatable bonds is 8. The van der Waals surface area contributed by atoms with Gasteiger partial charge in [0.2, 0.25) is 11.1 Å². The van der Waals surface area contributed by atoms with Crippen molar-refractivity contribution in [3.8, 4) is 5.69 Å². The van der Waals surface area contributed by atoms with Crippen LogP contribution in [0, 0.1) is 0 Å². The number of aromatic nitrogens is 4. The highest BCUT2D eigenvalue weighted by atomic mass is 32.2. The van der Waals surface area contributed by atoms with Gasteiger partial charge in [-0.1, -0.05) is 66.4 Å². The van der Waals surface area contributed by atoms with Crippen molar-refractivity contribution in [2.45, 2.75) is 43.6 Å². The van der Waals surface area contributed by atoms with E-state index in [0.717, 1.165) is 22.4 Å². The van der Waals surface area contributed by atoms with Crippen LogP contribution < -0.4 is 5.32 Å². The number of hydrogen-bond acceptors (Lipinski definition) is 8. The third kappa shape index (κ3) is 6.23. The Bertz CT molecular complexity index is 1310. The molecule has 3 atom stereocenters. The Morgan fingerprint density at radius 2 is 1.76 bits per heavy atom. The fourth-order valence-corrected chi connectivity index (χ4v) is 5.03. The van der Waals surface area contributed by atoms with Crippen LogP contribution >= 0.6 is 11.8 Å². The summed E-state index contributed by atoms with van der Waals surface area (Å²) in [6, 6.07) is 25.0. The predicted molar refractivity (Wildman–Crippen MR) is 139 cm³/mol. The van der Waals surface area contributed by atoms with E-state index in [1.807, 2.05) is 78.9 Å². The van der Waals surface area contributed by atoms with Crippen LogP contribution in [0.3, 0.4) is 0 Å². The molecule has 1 fully saturated rings. The summed E-state index contributed by atoms with van der Waals surface area (Å²) < 4.78 is 14.5. The van der Waals surface area contributed by atoms with Crippen LogP contribution in [0.2, 0.25) is 0 Å². The molecular weight excluding hydrogens is 490 g/mol. The van der Waals surface area contributed by atoms with Crippen LogP contribution in [0.15, 0.2) is 84.0 Å². The predicted octanol–water partition coefficient (Wildman–Crippen LogP) is 4.45.